The molecule has 0 radical (unpaired) electrons. The van der Waals surface area contributed by atoms with Gasteiger partial charge in [0.05, 0.1) is 5.70 Å². The van der Waals surface area contributed by atoms with Gasteiger partial charge in [-0.3, -0.25) is 18.7 Å². The highest BCUT2D eigenvalue weighted by molar-refractivity contribution is 7.11. The Morgan fingerprint density at radius 1 is 1.30 bits per heavy atom. The second-order valence-corrected chi connectivity index (χ2v) is 6.45. The summed E-state index contributed by atoms with van der Waals surface area (Å²) in [5.41, 5.74) is 0.469. The van der Waals surface area contributed by atoms with Gasteiger partial charge in [-0.2, -0.15) is 0 Å². The van der Waals surface area contributed by atoms with Crippen molar-refractivity contribution in [2.75, 3.05) is 5.32 Å². The minimum Gasteiger partial charge on any atom is -0.337 e. The predicted octanol–water partition coefficient (Wildman–Crippen LogP) is 1.98. The smallest absolute Gasteiger partial charge is 0.332 e. The molecule has 1 aliphatic heterocycles. The van der Waals surface area contributed by atoms with Gasteiger partial charge in [0.2, 0.25) is 5.78 Å². The van der Waals surface area contributed by atoms with Crippen molar-refractivity contribution < 1.29 is 4.79 Å². The van der Waals surface area contributed by atoms with E-state index < -0.39 is 11.2 Å². The maximum absolute atomic E-state index is 12.6. The van der Waals surface area contributed by atoms with E-state index in [0.717, 1.165) is 21.4 Å². The molecule has 0 atom stereocenters. The number of nitrogens with one attached hydrogen (secondary N) is 1. The Hall–Kier alpha value is -2.41. The van der Waals surface area contributed by atoms with Gasteiger partial charge in [0.15, 0.2) is 0 Å². The summed E-state index contributed by atoms with van der Waals surface area (Å²) in [5.74, 6) is -0.0522. The van der Waals surface area contributed by atoms with E-state index in [0.29, 0.717) is 18.1 Å². The molecular weight excluding hydrogens is 314 g/mol. The highest BCUT2D eigenvalue weighted by Crippen LogP contribution is 2.28. The maximum Gasteiger partial charge on any atom is 0.332 e. The van der Waals surface area contributed by atoms with Gasteiger partial charge in [-0.15, -0.1) is 11.3 Å². The average molecular weight is 331 g/mol. The number of allylic oxidation sites excluding steroid dienone is 1. The summed E-state index contributed by atoms with van der Waals surface area (Å²) in [6.45, 7) is 4.34. The second kappa shape index (κ2) is 5.66. The molecule has 6 nitrogen and oxygen atoms in total. The summed E-state index contributed by atoms with van der Waals surface area (Å²) in [6.07, 6.45) is 2.46. The maximum atomic E-state index is 12.6. The van der Waals surface area contributed by atoms with Crippen molar-refractivity contribution in [2.24, 2.45) is 7.05 Å². The summed E-state index contributed by atoms with van der Waals surface area (Å²) >= 11 is 1.52. The van der Waals surface area contributed by atoms with E-state index in [2.05, 4.69) is 5.32 Å². The number of hydrogen-bond donors (Lipinski definition) is 1. The van der Waals surface area contributed by atoms with Crippen LogP contribution in [0.1, 0.15) is 34.1 Å². The number of carbonyl (C=O) groups excluding carboxylic acids is 1. The number of hydrogen-bond acceptors (Lipinski definition) is 5. The first-order valence-corrected chi connectivity index (χ1v) is 8.25. The standard InChI is InChI=1S/C16H17N3O3S/c1-4-6-19-14-12(15(21)18(3)16(19)22)13(20)10(17-14)8-11-9(2)5-7-23-11/h5,7-8,17H,4,6H2,1-3H3/b10-8+. The predicted molar refractivity (Wildman–Crippen MR) is 91.2 cm³/mol. The molecule has 0 aromatic carbocycles. The Balaban J connectivity index is 2.20. The van der Waals surface area contributed by atoms with E-state index in [1.165, 1.54) is 23.0 Å². The molecule has 0 saturated carbocycles. The molecule has 1 aliphatic rings. The number of aryl methyl sites for hydroxylation is 1. The van der Waals surface area contributed by atoms with Crippen LogP contribution in [-0.2, 0) is 13.6 Å². The molecule has 120 valence electrons. The monoisotopic (exact) mass is 331 g/mol. The average Bonchev–Trinajstić information content (AvgIpc) is 3.07. The van der Waals surface area contributed by atoms with E-state index in [9.17, 15) is 14.4 Å². The van der Waals surface area contributed by atoms with Gasteiger partial charge in [0.1, 0.15) is 11.4 Å². The van der Waals surface area contributed by atoms with Crippen LogP contribution < -0.4 is 16.6 Å². The van der Waals surface area contributed by atoms with Crippen LogP contribution in [0.4, 0.5) is 5.82 Å². The third-order valence-corrected chi connectivity index (χ3v) is 4.86. The first kappa shape index (κ1) is 15.5. The third kappa shape index (κ3) is 2.37. The lowest BCUT2D eigenvalue weighted by Gasteiger charge is -2.11. The molecule has 0 unspecified atom stereocenters. The number of nitrogens with zero attached hydrogens (tertiary/aromatic N) is 2. The van der Waals surface area contributed by atoms with Gasteiger partial charge in [-0.1, -0.05) is 6.92 Å². The quantitative estimate of drug-likeness (QED) is 0.873. The van der Waals surface area contributed by atoms with Crippen LogP contribution in [0, 0.1) is 6.92 Å². The zero-order valence-corrected chi connectivity index (χ0v) is 14.0. The molecule has 3 heterocycles. The normalized spacial score (nSPS) is 15.1. The molecule has 2 aromatic rings. The van der Waals surface area contributed by atoms with Crippen LogP contribution in [0.15, 0.2) is 26.7 Å². The molecule has 3 rings (SSSR count). The van der Waals surface area contributed by atoms with Crippen LogP contribution in [0.2, 0.25) is 0 Å². The number of aromatic nitrogens is 2. The lowest BCUT2D eigenvalue weighted by molar-refractivity contribution is 0.104. The Labute approximate surface area is 136 Å². The molecule has 0 amide bonds. The highest BCUT2D eigenvalue weighted by Gasteiger charge is 2.32. The SMILES string of the molecule is CCCn1c2c(c(=O)n(C)c1=O)C(=O)/C(=C\c1sccc1C)N2. The van der Waals surface area contributed by atoms with Gasteiger partial charge < -0.3 is 5.32 Å². The fourth-order valence-electron chi connectivity index (χ4n) is 2.62. The number of anilines is 1. The summed E-state index contributed by atoms with van der Waals surface area (Å²) < 4.78 is 2.45. The van der Waals surface area contributed by atoms with Gasteiger partial charge in [0.25, 0.3) is 5.56 Å². The van der Waals surface area contributed by atoms with Crippen molar-refractivity contribution in [3.05, 3.63) is 54.0 Å². The highest BCUT2D eigenvalue weighted by atomic mass is 32.1. The third-order valence-electron chi connectivity index (χ3n) is 3.89. The van der Waals surface area contributed by atoms with Gasteiger partial charge in [-0.25, -0.2) is 4.79 Å². The first-order valence-electron chi connectivity index (χ1n) is 7.37. The minimum atomic E-state index is -0.554. The molecule has 7 heteroatoms. The first-order chi connectivity index (χ1) is 11.0. The zero-order valence-electron chi connectivity index (χ0n) is 13.2. The van der Waals surface area contributed by atoms with Gasteiger partial charge in [0, 0.05) is 18.5 Å². The number of Topliss-reactive ketones (excluding diaryl/α,β-unsaturated/α-hetero) is 1. The number of rotatable bonds is 3. The topological polar surface area (TPSA) is 73.1 Å². The van der Waals surface area contributed by atoms with Crippen LogP contribution in [-0.4, -0.2) is 14.9 Å². The number of fused-ring (bicyclic) bond motifs is 1. The summed E-state index contributed by atoms with van der Waals surface area (Å²) in [6, 6.07) is 1.97. The molecule has 0 saturated heterocycles. The van der Waals surface area contributed by atoms with Crippen molar-refractivity contribution in [1.29, 1.82) is 0 Å². The van der Waals surface area contributed by atoms with Crippen molar-refractivity contribution in [1.82, 2.24) is 9.13 Å². The second-order valence-electron chi connectivity index (χ2n) is 5.50. The summed E-state index contributed by atoms with van der Waals surface area (Å²) in [5, 5.41) is 4.92. The van der Waals surface area contributed by atoms with Gasteiger partial charge in [-0.05, 0) is 36.4 Å². The number of thiophene rings is 1. The van der Waals surface area contributed by atoms with Crippen molar-refractivity contribution in [3.8, 4) is 0 Å². The number of ketones is 1. The van der Waals surface area contributed by atoms with E-state index in [4.69, 9.17) is 0 Å². The Kier molecular flexibility index (Phi) is 3.81. The zero-order chi connectivity index (χ0) is 16.7. The molecule has 0 fully saturated rings. The van der Waals surface area contributed by atoms with Crippen molar-refractivity contribution >= 4 is 29.0 Å². The lowest BCUT2D eigenvalue weighted by atomic mass is 10.1. The van der Waals surface area contributed by atoms with Crippen LogP contribution in [0.3, 0.4) is 0 Å². The van der Waals surface area contributed by atoms with Crippen molar-refractivity contribution in [2.45, 2.75) is 26.8 Å². The molecule has 2 aromatic heterocycles. The summed E-state index contributed by atoms with van der Waals surface area (Å²) in [7, 11) is 1.40. The molecule has 0 aliphatic carbocycles. The minimum absolute atomic E-state index is 0.0426. The van der Waals surface area contributed by atoms with E-state index in [1.807, 2.05) is 25.3 Å². The fraction of sp³-hybridized carbons (Fsp3) is 0.312. The largest absolute Gasteiger partial charge is 0.337 e. The summed E-state index contributed by atoms with van der Waals surface area (Å²) in [4.78, 5) is 38.2. The Bertz CT molecular complexity index is 946. The van der Waals surface area contributed by atoms with Crippen LogP contribution in [0.25, 0.3) is 6.08 Å². The fourth-order valence-corrected chi connectivity index (χ4v) is 3.48. The molecular formula is C16H17N3O3S. The molecule has 23 heavy (non-hydrogen) atoms. The van der Waals surface area contributed by atoms with E-state index in [1.54, 1.807) is 6.08 Å². The van der Waals surface area contributed by atoms with E-state index in [-0.39, 0.29) is 11.3 Å². The van der Waals surface area contributed by atoms with Crippen LogP contribution in [0.5, 0.6) is 0 Å². The Morgan fingerprint density at radius 2 is 2.04 bits per heavy atom. The molecule has 1 N–H and O–H groups in total. The van der Waals surface area contributed by atoms with Crippen LogP contribution >= 0.6 is 11.3 Å². The molecule has 0 bridgehead atoms. The van der Waals surface area contributed by atoms with E-state index >= 15 is 0 Å². The molecule has 0 spiro atoms. The lowest BCUT2D eigenvalue weighted by Crippen LogP contribution is -2.40. The number of carbonyl (C=O) groups is 1. The Morgan fingerprint density at radius 3 is 2.65 bits per heavy atom. The van der Waals surface area contributed by atoms with Gasteiger partial charge >= 0.3 is 5.69 Å². The van der Waals surface area contributed by atoms with Crippen molar-refractivity contribution in [3.63, 3.8) is 0 Å².